The van der Waals surface area contributed by atoms with E-state index in [2.05, 4.69) is 6.92 Å². The van der Waals surface area contributed by atoms with Gasteiger partial charge < -0.3 is 10.2 Å². The smallest absolute Gasteiger partial charge is 0.331 e. The number of carboxylic acids is 1. The van der Waals surface area contributed by atoms with Crippen LogP contribution in [-0.4, -0.2) is 22.8 Å². The number of carbonyl (C=O) groups is 1. The van der Waals surface area contributed by atoms with Crippen molar-refractivity contribution in [1.29, 1.82) is 0 Å². The second-order valence-electron chi connectivity index (χ2n) is 8.91. The first-order chi connectivity index (χ1) is 11.0. The first-order valence-corrected chi connectivity index (χ1v) is 9.58. The Labute approximate surface area is 139 Å². The maximum absolute atomic E-state index is 11.7. The molecule has 23 heavy (non-hydrogen) atoms. The lowest BCUT2D eigenvalue weighted by molar-refractivity contribution is -0.139. The van der Waals surface area contributed by atoms with Gasteiger partial charge in [0.15, 0.2) is 0 Å². The average Bonchev–Trinajstić information content (AvgIpc) is 2.94. The quantitative estimate of drug-likeness (QED) is 0.808. The van der Waals surface area contributed by atoms with Crippen LogP contribution >= 0.6 is 0 Å². The Hall–Kier alpha value is -0.830. The largest absolute Gasteiger partial charge is 0.478 e. The normalized spacial score (nSPS) is 48.9. The van der Waals surface area contributed by atoms with Crippen molar-refractivity contribution in [3.05, 3.63) is 11.6 Å². The molecule has 0 aromatic heterocycles. The Morgan fingerprint density at radius 2 is 2.00 bits per heavy atom. The first kappa shape index (κ1) is 15.7. The van der Waals surface area contributed by atoms with Crippen molar-refractivity contribution >= 4 is 5.97 Å². The molecule has 0 spiro atoms. The minimum atomic E-state index is -0.808. The molecule has 3 heteroatoms. The summed E-state index contributed by atoms with van der Waals surface area (Å²) >= 11 is 0. The van der Waals surface area contributed by atoms with Crippen molar-refractivity contribution in [3.8, 4) is 0 Å². The molecule has 3 saturated carbocycles. The maximum atomic E-state index is 11.7. The van der Waals surface area contributed by atoms with Gasteiger partial charge in [-0.05, 0) is 74.0 Å². The molecule has 3 nitrogen and oxygen atoms in total. The molecule has 4 rings (SSSR count). The number of allylic oxidation sites excluding steroid dienone is 1. The molecule has 0 aliphatic heterocycles. The topological polar surface area (TPSA) is 57.5 Å². The van der Waals surface area contributed by atoms with E-state index in [-0.39, 0.29) is 6.61 Å². The molecular formula is C20H30O3. The van der Waals surface area contributed by atoms with Crippen LogP contribution in [0.2, 0.25) is 0 Å². The minimum Gasteiger partial charge on any atom is -0.478 e. The van der Waals surface area contributed by atoms with Crippen LogP contribution in [0.15, 0.2) is 11.6 Å². The fourth-order valence-corrected chi connectivity index (χ4v) is 7.27. The summed E-state index contributed by atoms with van der Waals surface area (Å²) in [6.07, 6.45) is 12.9. The van der Waals surface area contributed by atoms with Crippen LogP contribution in [0.1, 0.15) is 64.7 Å². The monoisotopic (exact) mass is 318 g/mol. The zero-order valence-electron chi connectivity index (χ0n) is 14.3. The molecular weight excluding hydrogens is 288 g/mol. The zero-order chi connectivity index (χ0) is 16.2. The van der Waals surface area contributed by atoms with Crippen molar-refractivity contribution in [1.82, 2.24) is 0 Å². The first-order valence-electron chi connectivity index (χ1n) is 9.58. The van der Waals surface area contributed by atoms with Crippen molar-refractivity contribution in [2.75, 3.05) is 6.61 Å². The van der Waals surface area contributed by atoms with E-state index in [1.54, 1.807) is 0 Å². The van der Waals surface area contributed by atoms with E-state index < -0.39 is 11.4 Å². The van der Waals surface area contributed by atoms with Crippen molar-refractivity contribution in [2.45, 2.75) is 64.7 Å². The highest BCUT2D eigenvalue weighted by atomic mass is 16.4. The molecule has 1 unspecified atom stereocenters. The van der Waals surface area contributed by atoms with E-state index in [0.717, 1.165) is 31.1 Å². The fraction of sp³-hybridized carbons (Fsp3) is 0.850. The average molecular weight is 318 g/mol. The summed E-state index contributed by atoms with van der Waals surface area (Å²) in [6, 6.07) is 0. The van der Waals surface area contributed by atoms with E-state index in [1.807, 2.05) is 6.08 Å². The van der Waals surface area contributed by atoms with Gasteiger partial charge in [-0.2, -0.15) is 0 Å². The van der Waals surface area contributed by atoms with Crippen LogP contribution in [-0.2, 0) is 4.79 Å². The molecule has 128 valence electrons. The molecule has 0 saturated heterocycles. The number of aliphatic hydroxyl groups excluding tert-OH is 1. The van der Waals surface area contributed by atoms with E-state index >= 15 is 0 Å². The van der Waals surface area contributed by atoms with Gasteiger partial charge in [0, 0.05) is 11.0 Å². The lowest BCUT2D eigenvalue weighted by Gasteiger charge is -2.60. The standard InChI is InChI=1S/C20H30O3/c1-19-10-3-2-4-13(19)5-6-14-15(19)9-11-20(12-21)16(14)7-8-17(20)18(22)23/h8,13-16,21H,2-7,9-12H2,1H3,(H,22,23)/t13?,14-,15+,16+,19+,20-/m1/s1. The number of carboxylic acid groups (broad SMARTS) is 1. The van der Waals surface area contributed by atoms with Crippen molar-refractivity contribution < 1.29 is 15.0 Å². The van der Waals surface area contributed by atoms with Crippen LogP contribution < -0.4 is 0 Å². The number of hydrogen-bond acceptors (Lipinski definition) is 2. The Morgan fingerprint density at radius 3 is 2.74 bits per heavy atom. The molecule has 0 bridgehead atoms. The summed E-state index contributed by atoms with van der Waals surface area (Å²) in [4.78, 5) is 11.7. The van der Waals surface area contributed by atoms with E-state index in [4.69, 9.17) is 0 Å². The molecule has 4 aliphatic rings. The van der Waals surface area contributed by atoms with Gasteiger partial charge in [-0.15, -0.1) is 0 Å². The molecule has 4 aliphatic carbocycles. The van der Waals surface area contributed by atoms with Crippen LogP contribution in [0, 0.1) is 34.5 Å². The predicted octanol–water partition coefficient (Wildman–Crippen LogP) is 4.01. The Balaban J connectivity index is 1.66. The van der Waals surface area contributed by atoms with Crippen molar-refractivity contribution in [3.63, 3.8) is 0 Å². The zero-order valence-corrected chi connectivity index (χ0v) is 14.3. The highest BCUT2D eigenvalue weighted by molar-refractivity contribution is 5.89. The van der Waals surface area contributed by atoms with E-state index in [0.29, 0.717) is 22.8 Å². The van der Waals surface area contributed by atoms with Crippen LogP contribution in [0.4, 0.5) is 0 Å². The second kappa shape index (κ2) is 5.34. The summed E-state index contributed by atoms with van der Waals surface area (Å²) in [6.45, 7) is 2.54. The molecule has 0 heterocycles. The van der Waals surface area contributed by atoms with Gasteiger partial charge in [0.05, 0.1) is 6.61 Å². The lowest BCUT2D eigenvalue weighted by Crippen LogP contribution is -2.54. The highest BCUT2D eigenvalue weighted by Gasteiger charge is 2.60. The third-order valence-electron chi connectivity index (χ3n) is 8.42. The van der Waals surface area contributed by atoms with Gasteiger partial charge in [-0.3, -0.25) is 0 Å². The van der Waals surface area contributed by atoms with Gasteiger partial charge in [0.1, 0.15) is 0 Å². The van der Waals surface area contributed by atoms with Crippen LogP contribution in [0.5, 0.6) is 0 Å². The number of fused-ring (bicyclic) bond motifs is 5. The molecule has 6 atom stereocenters. The predicted molar refractivity (Wildman–Crippen MR) is 88.9 cm³/mol. The SMILES string of the molecule is C[C@]12CCCCC1CC[C@H]1[C@@H]3CC=C(C(=O)O)[C@@]3(CO)CC[C@@H]12. The molecule has 0 aromatic carbocycles. The molecule has 3 fully saturated rings. The second-order valence-corrected chi connectivity index (χ2v) is 8.91. The third kappa shape index (κ3) is 2.01. The van der Waals surface area contributed by atoms with Gasteiger partial charge in [0.25, 0.3) is 0 Å². The Morgan fingerprint density at radius 1 is 1.17 bits per heavy atom. The summed E-state index contributed by atoms with van der Waals surface area (Å²) in [7, 11) is 0. The summed E-state index contributed by atoms with van der Waals surface area (Å²) in [5, 5.41) is 19.8. The molecule has 0 amide bonds. The molecule has 0 radical (unpaired) electrons. The van der Waals surface area contributed by atoms with Crippen molar-refractivity contribution in [2.24, 2.45) is 34.5 Å². The number of aliphatic hydroxyl groups is 1. The van der Waals surface area contributed by atoms with E-state index in [1.165, 1.54) is 38.5 Å². The molecule has 0 aromatic rings. The summed E-state index contributed by atoms with van der Waals surface area (Å²) in [5.41, 5.74) is 0.527. The highest BCUT2D eigenvalue weighted by Crippen LogP contribution is 2.66. The third-order valence-corrected chi connectivity index (χ3v) is 8.42. The fourth-order valence-electron chi connectivity index (χ4n) is 7.27. The summed E-state index contributed by atoms with van der Waals surface area (Å²) in [5.74, 6) is 1.79. The Kier molecular flexibility index (Phi) is 3.64. The number of hydrogen-bond donors (Lipinski definition) is 2. The maximum Gasteiger partial charge on any atom is 0.331 e. The van der Waals surface area contributed by atoms with Crippen LogP contribution in [0.25, 0.3) is 0 Å². The van der Waals surface area contributed by atoms with Crippen LogP contribution in [0.3, 0.4) is 0 Å². The van der Waals surface area contributed by atoms with Gasteiger partial charge in [-0.25, -0.2) is 4.79 Å². The summed E-state index contributed by atoms with van der Waals surface area (Å²) < 4.78 is 0. The lowest BCUT2D eigenvalue weighted by atomic mass is 9.44. The van der Waals surface area contributed by atoms with Gasteiger partial charge in [-0.1, -0.05) is 25.8 Å². The molecule has 2 N–H and O–H groups in total. The Bertz CT molecular complexity index is 539. The van der Waals surface area contributed by atoms with Gasteiger partial charge in [0.2, 0.25) is 0 Å². The number of aliphatic carboxylic acids is 1. The number of rotatable bonds is 2. The minimum absolute atomic E-state index is 0.0131. The van der Waals surface area contributed by atoms with Gasteiger partial charge >= 0.3 is 5.97 Å². The van der Waals surface area contributed by atoms with E-state index in [9.17, 15) is 15.0 Å².